The number of nitrogens with zero attached hydrogens (tertiary/aromatic N) is 1. The van der Waals surface area contributed by atoms with Gasteiger partial charge in [-0.2, -0.15) is 0 Å². The molecule has 0 aromatic heterocycles. The van der Waals surface area contributed by atoms with Crippen LogP contribution in [0, 0.1) is 10.1 Å². The smallest absolute Gasteiger partial charge is 0.269 e. The highest BCUT2D eigenvalue weighted by atomic mass is 16.6. The van der Waals surface area contributed by atoms with Crippen molar-refractivity contribution < 1.29 is 9.66 Å². The zero-order chi connectivity index (χ0) is 11.4. The lowest BCUT2D eigenvalue weighted by Crippen LogP contribution is -1.84. The van der Waals surface area contributed by atoms with Crippen LogP contribution in [0.15, 0.2) is 30.3 Å². The van der Waals surface area contributed by atoms with Crippen molar-refractivity contribution in [2.24, 2.45) is 0 Å². The summed E-state index contributed by atoms with van der Waals surface area (Å²) in [7, 11) is 3.25. The molecule has 1 aromatic rings. The molecule has 0 atom stereocenters. The average Bonchev–Trinajstić information content (AvgIpc) is 2.23. The highest BCUT2D eigenvalue weighted by molar-refractivity contribution is 5.27. The maximum Gasteiger partial charge on any atom is 0.269 e. The van der Waals surface area contributed by atoms with Crippen molar-refractivity contribution in [3.8, 4) is 0 Å². The number of nitro groups is 1. The molecule has 0 saturated carbocycles. The van der Waals surface area contributed by atoms with E-state index >= 15 is 0 Å². The van der Waals surface area contributed by atoms with Gasteiger partial charge in [0.05, 0.1) is 4.92 Å². The minimum Gasteiger partial charge on any atom is -0.388 e. The maximum absolute atomic E-state index is 10.0. The van der Waals surface area contributed by atoms with Gasteiger partial charge in [-0.15, -0.1) is 0 Å². The Morgan fingerprint density at radius 1 is 1.14 bits per heavy atom. The number of hydrogen-bond acceptors (Lipinski definition) is 3. The van der Waals surface area contributed by atoms with E-state index in [0.29, 0.717) is 0 Å². The molecule has 0 aliphatic carbocycles. The van der Waals surface area contributed by atoms with Crippen LogP contribution in [0.3, 0.4) is 0 Å². The molecule has 0 bridgehead atoms. The topological polar surface area (TPSA) is 52.4 Å². The molecule has 0 unspecified atom stereocenters. The predicted octanol–water partition coefficient (Wildman–Crippen LogP) is 2.88. The van der Waals surface area contributed by atoms with Crippen LogP contribution >= 0.6 is 0 Å². The second kappa shape index (κ2) is 11.6. The van der Waals surface area contributed by atoms with Crippen LogP contribution in [0.2, 0.25) is 0 Å². The fourth-order valence-corrected chi connectivity index (χ4v) is 0.550. The van der Waals surface area contributed by atoms with E-state index in [4.69, 9.17) is 0 Å². The molecule has 4 nitrogen and oxygen atoms in total. The Labute approximate surface area is 84.7 Å². The van der Waals surface area contributed by atoms with Crippen LogP contribution < -0.4 is 0 Å². The van der Waals surface area contributed by atoms with Gasteiger partial charge in [0.2, 0.25) is 0 Å². The number of methoxy groups -OCH3 is 1. The van der Waals surface area contributed by atoms with E-state index in [-0.39, 0.29) is 5.69 Å². The Kier molecular flexibility index (Phi) is 12.5. The molecule has 14 heavy (non-hydrogen) atoms. The van der Waals surface area contributed by atoms with E-state index in [1.165, 1.54) is 12.1 Å². The van der Waals surface area contributed by atoms with E-state index in [2.05, 4.69) is 4.74 Å². The molecule has 0 N–H and O–H groups in total. The van der Waals surface area contributed by atoms with Gasteiger partial charge in [-0.25, -0.2) is 0 Å². The first-order chi connectivity index (χ1) is 6.72. The molecule has 4 heteroatoms. The summed E-state index contributed by atoms with van der Waals surface area (Å²) < 4.78 is 4.25. The van der Waals surface area contributed by atoms with Gasteiger partial charge in [-0.05, 0) is 0 Å². The van der Waals surface area contributed by atoms with Gasteiger partial charge < -0.3 is 4.74 Å². The van der Waals surface area contributed by atoms with Crippen molar-refractivity contribution in [1.82, 2.24) is 0 Å². The van der Waals surface area contributed by atoms with Gasteiger partial charge in [0, 0.05) is 26.4 Å². The van der Waals surface area contributed by atoms with Crippen LogP contribution in [0.4, 0.5) is 5.69 Å². The molecule has 0 fully saturated rings. The maximum atomic E-state index is 10.0. The molecule has 0 spiro atoms. The first-order valence-corrected chi connectivity index (χ1v) is 4.32. The lowest BCUT2D eigenvalue weighted by atomic mass is 10.3. The van der Waals surface area contributed by atoms with Crippen LogP contribution in [0.25, 0.3) is 0 Å². The molecular weight excluding hydrogens is 182 g/mol. The summed E-state index contributed by atoms with van der Waals surface area (Å²) in [6.45, 7) is 4.00. The molecule has 0 saturated heterocycles. The fraction of sp³-hybridized carbons (Fsp3) is 0.400. The minimum absolute atomic E-state index is 0.137. The van der Waals surface area contributed by atoms with Gasteiger partial charge in [-0.1, -0.05) is 32.0 Å². The Balaban J connectivity index is 0. The largest absolute Gasteiger partial charge is 0.388 e. The lowest BCUT2D eigenvalue weighted by Gasteiger charge is -1.85. The number of hydrogen-bond donors (Lipinski definition) is 0. The third-order valence-electron chi connectivity index (χ3n) is 0.967. The zero-order valence-electron chi connectivity index (χ0n) is 9.06. The van der Waals surface area contributed by atoms with Crippen LogP contribution in [0.1, 0.15) is 13.8 Å². The van der Waals surface area contributed by atoms with Gasteiger partial charge in [0.1, 0.15) is 0 Å². The molecule has 1 aromatic carbocycles. The standard InChI is InChI=1S/C6H5NO2.C2H6O.C2H6/c8-7(9)6-4-2-1-3-5-6;1-3-2;1-2/h1-5H;1-2H3;1-2H3. The summed E-state index contributed by atoms with van der Waals surface area (Å²) in [5, 5.41) is 10.0. The summed E-state index contributed by atoms with van der Waals surface area (Å²) in [5.74, 6) is 0. The van der Waals surface area contributed by atoms with Crippen LogP contribution in [-0.4, -0.2) is 19.1 Å². The molecule has 0 radical (unpaired) electrons. The Morgan fingerprint density at radius 3 is 1.71 bits per heavy atom. The lowest BCUT2D eigenvalue weighted by molar-refractivity contribution is -0.384. The van der Waals surface area contributed by atoms with Gasteiger partial charge >= 0.3 is 0 Å². The summed E-state index contributed by atoms with van der Waals surface area (Å²) in [6.07, 6.45) is 0. The van der Waals surface area contributed by atoms with Crippen molar-refractivity contribution in [3.05, 3.63) is 40.4 Å². The third kappa shape index (κ3) is 8.67. The normalized spacial score (nSPS) is 7.43. The molecule has 0 amide bonds. The number of non-ortho nitro benzene ring substituents is 1. The molecule has 1 rings (SSSR count). The Morgan fingerprint density at radius 2 is 1.50 bits per heavy atom. The number of para-hydroxylation sites is 1. The monoisotopic (exact) mass is 199 g/mol. The number of benzene rings is 1. The SMILES string of the molecule is CC.COC.O=[N+]([O-])c1ccccc1. The summed E-state index contributed by atoms with van der Waals surface area (Å²) >= 11 is 0. The highest BCUT2D eigenvalue weighted by Gasteiger charge is 1.98. The number of rotatable bonds is 1. The van der Waals surface area contributed by atoms with E-state index in [1.807, 2.05) is 13.8 Å². The van der Waals surface area contributed by atoms with Crippen molar-refractivity contribution in [2.75, 3.05) is 14.2 Å². The highest BCUT2D eigenvalue weighted by Crippen LogP contribution is 2.06. The first kappa shape index (κ1) is 15.1. The second-order valence-corrected chi connectivity index (χ2v) is 2.00. The van der Waals surface area contributed by atoms with Crippen molar-refractivity contribution in [1.29, 1.82) is 0 Å². The van der Waals surface area contributed by atoms with Gasteiger partial charge in [-0.3, -0.25) is 10.1 Å². The van der Waals surface area contributed by atoms with Gasteiger partial charge in [0.15, 0.2) is 0 Å². The minimum atomic E-state index is -0.417. The fourth-order valence-electron chi connectivity index (χ4n) is 0.550. The Hall–Kier alpha value is -1.42. The van der Waals surface area contributed by atoms with Crippen molar-refractivity contribution in [3.63, 3.8) is 0 Å². The quantitative estimate of drug-likeness (QED) is 0.516. The van der Waals surface area contributed by atoms with E-state index in [9.17, 15) is 10.1 Å². The van der Waals surface area contributed by atoms with Crippen molar-refractivity contribution >= 4 is 5.69 Å². The third-order valence-corrected chi connectivity index (χ3v) is 0.967. The number of nitro benzene ring substituents is 1. The summed E-state index contributed by atoms with van der Waals surface area (Å²) in [4.78, 5) is 9.59. The summed E-state index contributed by atoms with van der Waals surface area (Å²) in [6, 6.07) is 7.93. The predicted molar refractivity (Wildman–Crippen MR) is 57.4 cm³/mol. The van der Waals surface area contributed by atoms with E-state index < -0.39 is 4.92 Å². The number of ether oxygens (including phenoxy) is 1. The van der Waals surface area contributed by atoms with E-state index in [0.717, 1.165) is 0 Å². The second-order valence-electron chi connectivity index (χ2n) is 2.00. The average molecular weight is 199 g/mol. The molecule has 0 aliphatic heterocycles. The van der Waals surface area contributed by atoms with Gasteiger partial charge in [0.25, 0.3) is 5.69 Å². The zero-order valence-corrected chi connectivity index (χ0v) is 9.06. The van der Waals surface area contributed by atoms with Crippen LogP contribution in [0.5, 0.6) is 0 Å². The van der Waals surface area contributed by atoms with Crippen LogP contribution in [-0.2, 0) is 4.74 Å². The summed E-state index contributed by atoms with van der Waals surface area (Å²) in [5.41, 5.74) is 0.137. The molecule has 80 valence electrons. The van der Waals surface area contributed by atoms with E-state index in [1.54, 1.807) is 32.4 Å². The Bertz CT molecular complexity index is 224. The molecular formula is C10H17NO3. The first-order valence-electron chi connectivity index (χ1n) is 4.32. The molecule has 0 aliphatic rings. The molecule has 0 heterocycles. The van der Waals surface area contributed by atoms with Crippen molar-refractivity contribution in [2.45, 2.75) is 13.8 Å².